The number of carbonyl (C=O) groups excluding carboxylic acids is 2. The number of hydrogen-bond donors (Lipinski definition) is 3. The summed E-state index contributed by atoms with van der Waals surface area (Å²) >= 11 is 0. The van der Waals surface area contributed by atoms with Gasteiger partial charge in [-0.3, -0.25) is 9.59 Å². The van der Waals surface area contributed by atoms with Gasteiger partial charge < -0.3 is 20.3 Å². The van der Waals surface area contributed by atoms with Gasteiger partial charge in [-0.05, 0) is 51.4 Å². The third kappa shape index (κ3) is 46.9. The smallest absolute Gasteiger partial charge is 0.306 e. The second kappa shape index (κ2) is 51.6. The summed E-state index contributed by atoms with van der Waals surface area (Å²) in [6.45, 7) is 6.52. The highest BCUT2D eigenvalue weighted by Gasteiger charge is 2.24. The van der Waals surface area contributed by atoms with E-state index in [0.29, 0.717) is 19.3 Å². The number of rotatable bonds is 52. The van der Waals surface area contributed by atoms with Gasteiger partial charge in [-0.1, -0.05) is 264 Å². The summed E-state index contributed by atoms with van der Waals surface area (Å²) in [5.41, 5.74) is 0. The Balaban J connectivity index is 4.48. The van der Waals surface area contributed by atoms with Crippen LogP contribution in [0.3, 0.4) is 0 Å². The molecule has 0 saturated carbocycles. The average molecular weight is 891 g/mol. The van der Waals surface area contributed by atoms with E-state index in [0.717, 1.165) is 51.4 Å². The van der Waals surface area contributed by atoms with Crippen LogP contribution in [0.25, 0.3) is 0 Å². The Morgan fingerprint density at radius 2 is 0.762 bits per heavy atom. The molecule has 0 saturated heterocycles. The fourth-order valence-electron chi connectivity index (χ4n) is 9.02. The van der Waals surface area contributed by atoms with Gasteiger partial charge in [0, 0.05) is 6.42 Å². The molecule has 6 heteroatoms. The van der Waals surface area contributed by atoms with Crippen LogP contribution >= 0.6 is 0 Å². The highest BCUT2D eigenvalue weighted by atomic mass is 16.5. The van der Waals surface area contributed by atoms with Gasteiger partial charge in [-0.2, -0.15) is 0 Å². The number of aliphatic hydroxyl groups is 2. The summed E-state index contributed by atoms with van der Waals surface area (Å²) in [6.07, 6.45) is 58.5. The van der Waals surface area contributed by atoms with E-state index < -0.39 is 18.2 Å². The molecule has 0 fully saturated rings. The molecule has 3 atom stereocenters. The van der Waals surface area contributed by atoms with Gasteiger partial charge in [0.1, 0.15) is 6.10 Å². The Kier molecular flexibility index (Phi) is 50.4. The van der Waals surface area contributed by atoms with Gasteiger partial charge in [-0.15, -0.1) is 0 Å². The van der Waals surface area contributed by atoms with E-state index in [1.54, 1.807) is 0 Å². The molecule has 1 amide bonds. The molecule has 0 bridgehead atoms. The summed E-state index contributed by atoms with van der Waals surface area (Å²) in [6, 6.07) is -0.698. The molecule has 0 aromatic heterocycles. The van der Waals surface area contributed by atoms with Crippen molar-refractivity contribution in [3.63, 3.8) is 0 Å². The van der Waals surface area contributed by atoms with E-state index in [-0.39, 0.29) is 24.9 Å². The number of amides is 1. The third-order valence-electron chi connectivity index (χ3n) is 13.3. The number of unbranched alkanes of at least 4 members (excludes halogenated alkanes) is 38. The van der Waals surface area contributed by atoms with Gasteiger partial charge in [-0.25, -0.2) is 0 Å². The number of aliphatic hydroxyl groups excluding tert-OH is 2. The van der Waals surface area contributed by atoms with Crippen molar-refractivity contribution in [1.29, 1.82) is 0 Å². The highest BCUT2D eigenvalue weighted by Crippen LogP contribution is 2.19. The maximum atomic E-state index is 13.2. The number of carbonyl (C=O) groups is 2. The van der Waals surface area contributed by atoms with E-state index in [9.17, 15) is 19.8 Å². The summed E-state index contributed by atoms with van der Waals surface area (Å²) in [7, 11) is 0. The molecule has 0 aromatic carbocycles. The Hall–Kier alpha value is -1.40. The SMILES string of the molecule is CCCCCCCCC/C=C\CCCCCC(=O)OC(CCCCCCCCCCCCCCC)CC(=O)NC(CO)C(O)CCCCCCCCCCCCCCCCCCC. The van der Waals surface area contributed by atoms with Crippen LogP contribution in [0.15, 0.2) is 12.2 Å². The van der Waals surface area contributed by atoms with Crippen molar-refractivity contribution in [1.82, 2.24) is 5.32 Å². The Morgan fingerprint density at radius 3 is 1.13 bits per heavy atom. The number of esters is 1. The molecule has 0 heterocycles. The fraction of sp³-hybridized carbons (Fsp3) is 0.930. The number of hydrogen-bond acceptors (Lipinski definition) is 5. The zero-order valence-corrected chi connectivity index (χ0v) is 42.7. The summed E-state index contributed by atoms with van der Waals surface area (Å²) in [5.74, 6) is -0.471. The molecular weight excluding hydrogens is 779 g/mol. The van der Waals surface area contributed by atoms with E-state index in [1.807, 2.05) is 0 Å². The molecule has 0 rings (SSSR count). The highest BCUT2D eigenvalue weighted by molar-refractivity contribution is 5.77. The van der Waals surface area contributed by atoms with Crippen molar-refractivity contribution in [3.8, 4) is 0 Å². The van der Waals surface area contributed by atoms with Crippen molar-refractivity contribution in [3.05, 3.63) is 12.2 Å². The van der Waals surface area contributed by atoms with Crippen LogP contribution < -0.4 is 5.32 Å². The topological polar surface area (TPSA) is 95.9 Å². The van der Waals surface area contributed by atoms with Crippen molar-refractivity contribution < 1.29 is 24.5 Å². The third-order valence-corrected chi connectivity index (χ3v) is 13.3. The Morgan fingerprint density at radius 1 is 0.444 bits per heavy atom. The zero-order valence-electron chi connectivity index (χ0n) is 42.7. The molecule has 6 nitrogen and oxygen atoms in total. The largest absolute Gasteiger partial charge is 0.462 e. The van der Waals surface area contributed by atoms with E-state index in [2.05, 4.69) is 38.2 Å². The molecule has 0 radical (unpaired) electrons. The summed E-state index contributed by atoms with van der Waals surface area (Å²) < 4.78 is 5.95. The van der Waals surface area contributed by atoms with Crippen molar-refractivity contribution in [2.24, 2.45) is 0 Å². The quantitative estimate of drug-likeness (QED) is 0.0321. The molecule has 0 aliphatic carbocycles. The Labute approximate surface area is 393 Å². The second-order valence-corrected chi connectivity index (χ2v) is 19.7. The lowest BCUT2D eigenvalue weighted by Crippen LogP contribution is -2.46. The van der Waals surface area contributed by atoms with Crippen LogP contribution in [0.4, 0.5) is 0 Å². The van der Waals surface area contributed by atoms with Crippen LogP contribution in [0.5, 0.6) is 0 Å². The molecule has 3 unspecified atom stereocenters. The predicted molar refractivity (Wildman–Crippen MR) is 273 cm³/mol. The lowest BCUT2D eigenvalue weighted by molar-refractivity contribution is -0.151. The van der Waals surface area contributed by atoms with Gasteiger partial charge in [0.25, 0.3) is 0 Å². The predicted octanol–water partition coefficient (Wildman–Crippen LogP) is 17.3. The van der Waals surface area contributed by atoms with Crippen molar-refractivity contribution in [2.75, 3.05) is 6.61 Å². The number of allylic oxidation sites excluding steroid dienone is 2. The van der Waals surface area contributed by atoms with E-state index >= 15 is 0 Å². The van der Waals surface area contributed by atoms with E-state index in [1.165, 1.54) is 218 Å². The molecule has 63 heavy (non-hydrogen) atoms. The van der Waals surface area contributed by atoms with Crippen LogP contribution in [-0.4, -0.2) is 46.9 Å². The molecule has 0 spiro atoms. The molecule has 374 valence electrons. The Bertz CT molecular complexity index is 955. The maximum absolute atomic E-state index is 13.2. The van der Waals surface area contributed by atoms with E-state index in [4.69, 9.17) is 4.74 Å². The lowest BCUT2D eigenvalue weighted by atomic mass is 10.0. The van der Waals surface area contributed by atoms with Crippen molar-refractivity contribution in [2.45, 2.75) is 334 Å². The zero-order chi connectivity index (χ0) is 45.9. The van der Waals surface area contributed by atoms with Gasteiger partial charge in [0.2, 0.25) is 5.91 Å². The van der Waals surface area contributed by atoms with Gasteiger partial charge >= 0.3 is 5.97 Å². The minimum atomic E-state index is -0.785. The van der Waals surface area contributed by atoms with Crippen LogP contribution in [0.2, 0.25) is 0 Å². The maximum Gasteiger partial charge on any atom is 0.306 e. The van der Waals surface area contributed by atoms with Gasteiger partial charge in [0.15, 0.2) is 0 Å². The fourth-order valence-corrected chi connectivity index (χ4v) is 9.02. The summed E-state index contributed by atoms with van der Waals surface area (Å²) in [4.78, 5) is 26.2. The summed E-state index contributed by atoms with van der Waals surface area (Å²) in [5, 5.41) is 23.9. The lowest BCUT2D eigenvalue weighted by Gasteiger charge is -2.24. The van der Waals surface area contributed by atoms with Crippen molar-refractivity contribution >= 4 is 11.9 Å². The molecule has 0 aromatic rings. The average Bonchev–Trinajstić information content (AvgIpc) is 3.28. The molecule has 3 N–H and O–H groups in total. The molecule has 0 aliphatic heterocycles. The number of ether oxygens (including phenoxy) is 1. The van der Waals surface area contributed by atoms with Crippen LogP contribution in [-0.2, 0) is 14.3 Å². The monoisotopic (exact) mass is 890 g/mol. The number of nitrogens with one attached hydrogen (secondary N) is 1. The minimum absolute atomic E-state index is 0.0792. The first-order chi connectivity index (χ1) is 31.0. The molecule has 0 aliphatic rings. The first-order valence-electron chi connectivity index (χ1n) is 28.4. The molecular formula is C57H111NO5. The first kappa shape index (κ1) is 61.6. The minimum Gasteiger partial charge on any atom is -0.462 e. The van der Waals surface area contributed by atoms with Gasteiger partial charge in [0.05, 0.1) is 25.2 Å². The second-order valence-electron chi connectivity index (χ2n) is 19.7. The van der Waals surface area contributed by atoms with Crippen LogP contribution in [0.1, 0.15) is 316 Å². The standard InChI is InChI=1S/C57H111NO5/c1-4-7-10-13-16-19-22-25-27-28-29-31-34-37-40-43-46-49-55(60)54(52-59)58-56(61)51-53(48-45-42-39-36-33-30-24-21-18-15-12-9-6-3)63-57(62)50-47-44-41-38-35-32-26-23-20-17-14-11-8-5-2/h32,35,53-55,59-60H,4-31,33-34,36-52H2,1-3H3,(H,58,61)/b35-32-. The normalized spacial score (nSPS) is 13.2. The van der Waals surface area contributed by atoms with Crippen LogP contribution in [0, 0.1) is 0 Å². The first-order valence-corrected chi connectivity index (χ1v) is 28.4.